The van der Waals surface area contributed by atoms with Crippen molar-refractivity contribution in [1.29, 1.82) is 0 Å². The van der Waals surface area contributed by atoms with E-state index in [1.54, 1.807) is 24.3 Å². The minimum Gasteiger partial charge on any atom is -0.399 e. The van der Waals surface area contributed by atoms with Crippen molar-refractivity contribution >= 4 is 15.7 Å². The van der Waals surface area contributed by atoms with Gasteiger partial charge in [0.2, 0.25) is 10.0 Å². The highest BCUT2D eigenvalue weighted by atomic mass is 32.2. The second-order valence-electron chi connectivity index (χ2n) is 5.26. The van der Waals surface area contributed by atoms with Gasteiger partial charge in [-0.15, -0.1) is 0 Å². The molecule has 1 aliphatic rings. The minimum absolute atomic E-state index is 0.0949. The number of hydrogen-bond donors (Lipinski definition) is 3. The molecule has 6 heteroatoms. The molecule has 0 amide bonds. The van der Waals surface area contributed by atoms with Crippen molar-refractivity contribution in [3.8, 4) is 0 Å². The summed E-state index contributed by atoms with van der Waals surface area (Å²) in [5, 5.41) is 10.1. The Morgan fingerprint density at radius 2 is 2.00 bits per heavy atom. The SMILES string of the molecule is Nc1cccc(CS(=O)(=O)NCC2(O)CCCC2)c1. The molecule has 0 aromatic heterocycles. The van der Waals surface area contributed by atoms with E-state index in [0.29, 0.717) is 24.1 Å². The fourth-order valence-electron chi connectivity index (χ4n) is 2.41. The van der Waals surface area contributed by atoms with Gasteiger partial charge in [-0.2, -0.15) is 0 Å². The van der Waals surface area contributed by atoms with Crippen molar-refractivity contribution in [2.75, 3.05) is 12.3 Å². The number of benzene rings is 1. The molecule has 0 radical (unpaired) electrons. The molecule has 19 heavy (non-hydrogen) atoms. The van der Waals surface area contributed by atoms with Crippen molar-refractivity contribution in [3.63, 3.8) is 0 Å². The highest BCUT2D eigenvalue weighted by Crippen LogP contribution is 2.28. The molecule has 4 N–H and O–H groups in total. The van der Waals surface area contributed by atoms with Gasteiger partial charge in [0.1, 0.15) is 0 Å². The molecule has 0 heterocycles. The first-order valence-corrected chi connectivity index (χ1v) is 8.08. The molecular formula is C13H20N2O3S. The smallest absolute Gasteiger partial charge is 0.215 e. The van der Waals surface area contributed by atoms with Gasteiger partial charge in [0, 0.05) is 12.2 Å². The molecular weight excluding hydrogens is 264 g/mol. The summed E-state index contributed by atoms with van der Waals surface area (Å²) in [6.07, 6.45) is 3.22. The molecule has 0 saturated heterocycles. The van der Waals surface area contributed by atoms with Crippen LogP contribution in [0.5, 0.6) is 0 Å². The van der Waals surface area contributed by atoms with Crippen LogP contribution in [0.15, 0.2) is 24.3 Å². The van der Waals surface area contributed by atoms with Crippen LogP contribution in [0.2, 0.25) is 0 Å². The number of aliphatic hydroxyl groups is 1. The fourth-order valence-corrected chi connectivity index (χ4v) is 3.62. The van der Waals surface area contributed by atoms with E-state index < -0.39 is 15.6 Å². The molecule has 106 valence electrons. The number of hydrogen-bond acceptors (Lipinski definition) is 4. The Balaban J connectivity index is 1.95. The Kier molecular flexibility index (Phi) is 4.13. The molecule has 0 bridgehead atoms. The zero-order valence-electron chi connectivity index (χ0n) is 10.8. The first kappa shape index (κ1) is 14.3. The van der Waals surface area contributed by atoms with Crippen LogP contribution in [0.4, 0.5) is 5.69 Å². The van der Waals surface area contributed by atoms with Crippen LogP contribution in [0.1, 0.15) is 31.2 Å². The predicted molar refractivity (Wildman–Crippen MR) is 74.9 cm³/mol. The zero-order valence-corrected chi connectivity index (χ0v) is 11.6. The maximum Gasteiger partial charge on any atom is 0.215 e. The van der Waals surface area contributed by atoms with Gasteiger partial charge >= 0.3 is 0 Å². The number of nitrogen functional groups attached to an aromatic ring is 1. The normalized spacial score (nSPS) is 18.6. The van der Waals surface area contributed by atoms with E-state index in [2.05, 4.69) is 4.72 Å². The molecule has 0 unspecified atom stereocenters. The molecule has 0 atom stereocenters. The van der Waals surface area contributed by atoms with Gasteiger partial charge in [-0.3, -0.25) is 0 Å². The molecule has 5 nitrogen and oxygen atoms in total. The Labute approximate surface area is 113 Å². The van der Waals surface area contributed by atoms with Gasteiger partial charge in [-0.25, -0.2) is 13.1 Å². The van der Waals surface area contributed by atoms with Crippen LogP contribution >= 0.6 is 0 Å². The largest absolute Gasteiger partial charge is 0.399 e. The monoisotopic (exact) mass is 284 g/mol. The average Bonchev–Trinajstić information content (AvgIpc) is 2.74. The molecule has 1 saturated carbocycles. The average molecular weight is 284 g/mol. The predicted octanol–water partition coefficient (Wildman–Crippen LogP) is 0.993. The van der Waals surface area contributed by atoms with E-state index in [4.69, 9.17) is 5.73 Å². The Bertz CT molecular complexity index is 537. The minimum atomic E-state index is -3.44. The lowest BCUT2D eigenvalue weighted by Crippen LogP contribution is -2.41. The first-order chi connectivity index (χ1) is 8.89. The standard InChI is InChI=1S/C13H20N2O3S/c14-12-5-3-4-11(8-12)9-19(17,18)15-10-13(16)6-1-2-7-13/h3-5,8,15-16H,1-2,6-7,9-10,14H2. The van der Waals surface area contributed by atoms with Gasteiger partial charge < -0.3 is 10.8 Å². The van der Waals surface area contributed by atoms with Crippen molar-refractivity contribution < 1.29 is 13.5 Å². The van der Waals surface area contributed by atoms with Gasteiger partial charge in [0.05, 0.1) is 11.4 Å². The fraction of sp³-hybridized carbons (Fsp3) is 0.538. The van der Waals surface area contributed by atoms with Crippen molar-refractivity contribution in [1.82, 2.24) is 4.72 Å². The molecule has 1 aliphatic carbocycles. The number of anilines is 1. The first-order valence-electron chi connectivity index (χ1n) is 6.43. The third-order valence-corrected chi connectivity index (χ3v) is 4.76. The van der Waals surface area contributed by atoms with Crippen molar-refractivity contribution in [2.24, 2.45) is 0 Å². The highest BCUT2D eigenvalue weighted by Gasteiger charge is 2.32. The molecule has 2 rings (SSSR count). The summed E-state index contributed by atoms with van der Waals surface area (Å²) in [6.45, 7) is 0.0949. The third kappa shape index (κ3) is 4.19. The van der Waals surface area contributed by atoms with E-state index in [-0.39, 0.29) is 12.3 Å². The summed E-state index contributed by atoms with van der Waals surface area (Å²) in [5.41, 5.74) is 5.93. The Morgan fingerprint density at radius 3 is 2.63 bits per heavy atom. The summed E-state index contributed by atoms with van der Waals surface area (Å²) in [5.74, 6) is -0.117. The topological polar surface area (TPSA) is 92.4 Å². The Hall–Kier alpha value is -1.11. The number of nitrogens with two attached hydrogens (primary N) is 1. The number of rotatable bonds is 5. The lowest BCUT2D eigenvalue weighted by Gasteiger charge is -2.22. The quantitative estimate of drug-likeness (QED) is 0.703. The van der Waals surface area contributed by atoms with Crippen LogP contribution < -0.4 is 10.5 Å². The summed E-state index contributed by atoms with van der Waals surface area (Å²) in [6, 6.07) is 6.80. The number of nitrogens with one attached hydrogen (secondary N) is 1. The van der Waals surface area contributed by atoms with E-state index in [1.807, 2.05) is 0 Å². The van der Waals surface area contributed by atoms with Gasteiger partial charge in [0.15, 0.2) is 0 Å². The van der Waals surface area contributed by atoms with Crippen molar-refractivity contribution in [2.45, 2.75) is 37.0 Å². The summed E-state index contributed by atoms with van der Waals surface area (Å²) < 4.78 is 26.4. The second kappa shape index (κ2) is 5.48. The van der Waals surface area contributed by atoms with Crippen LogP contribution in [0.3, 0.4) is 0 Å². The molecule has 1 aromatic carbocycles. The van der Waals surface area contributed by atoms with Crippen LogP contribution in [-0.4, -0.2) is 25.7 Å². The lowest BCUT2D eigenvalue weighted by atomic mass is 10.0. The molecule has 0 spiro atoms. The molecule has 1 aromatic rings. The van der Waals surface area contributed by atoms with Gasteiger partial charge in [-0.1, -0.05) is 25.0 Å². The van der Waals surface area contributed by atoms with Gasteiger partial charge in [0.25, 0.3) is 0 Å². The van der Waals surface area contributed by atoms with Crippen LogP contribution in [0.25, 0.3) is 0 Å². The summed E-state index contributed by atoms with van der Waals surface area (Å²) in [7, 11) is -3.44. The second-order valence-corrected chi connectivity index (χ2v) is 7.06. The molecule has 0 aliphatic heterocycles. The third-order valence-electron chi connectivity index (χ3n) is 3.46. The number of sulfonamides is 1. The summed E-state index contributed by atoms with van der Waals surface area (Å²) >= 11 is 0. The van der Waals surface area contributed by atoms with Crippen LogP contribution in [-0.2, 0) is 15.8 Å². The zero-order chi connectivity index (χ0) is 13.9. The Morgan fingerprint density at radius 1 is 1.32 bits per heavy atom. The summed E-state index contributed by atoms with van der Waals surface area (Å²) in [4.78, 5) is 0. The van der Waals surface area contributed by atoms with E-state index in [0.717, 1.165) is 12.8 Å². The molecule has 1 fully saturated rings. The van der Waals surface area contributed by atoms with E-state index in [9.17, 15) is 13.5 Å². The van der Waals surface area contributed by atoms with Gasteiger partial charge in [-0.05, 0) is 30.5 Å². The van der Waals surface area contributed by atoms with E-state index >= 15 is 0 Å². The maximum atomic E-state index is 11.9. The lowest BCUT2D eigenvalue weighted by molar-refractivity contribution is 0.0531. The highest BCUT2D eigenvalue weighted by molar-refractivity contribution is 7.88. The maximum absolute atomic E-state index is 11.9. The van der Waals surface area contributed by atoms with Crippen molar-refractivity contribution in [3.05, 3.63) is 29.8 Å². The van der Waals surface area contributed by atoms with Crippen LogP contribution in [0, 0.1) is 0 Å². The van der Waals surface area contributed by atoms with E-state index in [1.165, 1.54) is 0 Å².